The van der Waals surface area contributed by atoms with Gasteiger partial charge in [0.25, 0.3) is 0 Å². The molecule has 2 aliphatic heterocycles. The summed E-state index contributed by atoms with van der Waals surface area (Å²) in [5.41, 5.74) is 24.9. The van der Waals surface area contributed by atoms with E-state index >= 15 is 0 Å². The average molecular weight is 602 g/mol. The highest BCUT2D eigenvalue weighted by Gasteiger charge is 2.50. The zero-order chi connectivity index (χ0) is 30.6. The smallest absolute Gasteiger partial charge is 0.407 e. The molecule has 0 aromatic heterocycles. The lowest BCUT2D eigenvalue weighted by molar-refractivity contribution is -0.315. The van der Waals surface area contributed by atoms with Crippen LogP contribution in [0.1, 0.15) is 18.4 Å². The van der Waals surface area contributed by atoms with Crippen LogP contribution >= 0.6 is 0 Å². The third-order valence-electron chi connectivity index (χ3n) is 7.89. The number of benzene rings is 1. The number of rotatable bonds is 9. The summed E-state index contributed by atoms with van der Waals surface area (Å²) in [4.78, 5) is 12.6. The second-order valence-electron chi connectivity index (χ2n) is 10.9. The first-order valence-electron chi connectivity index (χ1n) is 13.9. The molecule has 1 saturated carbocycles. The van der Waals surface area contributed by atoms with Gasteiger partial charge in [-0.05, 0) is 12.0 Å². The van der Waals surface area contributed by atoms with E-state index in [9.17, 15) is 30.3 Å². The van der Waals surface area contributed by atoms with Crippen LogP contribution in [0.4, 0.5) is 4.79 Å². The van der Waals surface area contributed by atoms with Gasteiger partial charge in [0.05, 0.1) is 30.9 Å². The third-order valence-corrected chi connectivity index (χ3v) is 7.89. The van der Waals surface area contributed by atoms with Gasteiger partial charge in [0, 0.05) is 25.0 Å². The molecular formula is C26H43N5O11. The Kier molecular flexibility index (Phi) is 11.5. The number of alkyl carbamates (subject to hydrolysis) is 1. The maximum Gasteiger partial charge on any atom is 0.407 e. The Morgan fingerprint density at radius 1 is 0.881 bits per heavy atom. The van der Waals surface area contributed by atoms with Gasteiger partial charge in [-0.15, -0.1) is 0 Å². The van der Waals surface area contributed by atoms with Crippen LogP contribution in [-0.2, 0) is 30.3 Å². The number of aliphatic hydroxyl groups excluding tert-OH is 5. The van der Waals surface area contributed by atoms with Crippen LogP contribution in [-0.4, -0.2) is 130 Å². The van der Waals surface area contributed by atoms with Gasteiger partial charge in [-0.3, -0.25) is 0 Å². The molecule has 3 aliphatic rings. The Morgan fingerprint density at radius 2 is 1.50 bits per heavy atom. The molecule has 0 unspecified atom stereocenters. The fourth-order valence-corrected chi connectivity index (χ4v) is 5.44. The van der Waals surface area contributed by atoms with Crippen LogP contribution in [0.15, 0.2) is 30.3 Å². The summed E-state index contributed by atoms with van der Waals surface area (Å²) >= 11 is 0. The van der Waals surface area contributed by atoms with Gasteiger partial charge in [-0.2, -0.15) is 0 Å². The van der Waals surface area contributed by atoms with Crippen molar-refractivity contribution in [2.75, 3.05) is 13.2 Å². The first-order valence-corrected chi connectivity index (χ1v) is 13.9. The van der Waals surface area contributed by atoms with E-state index in [0.29, 0.717) is 0 Å². The van der Waals surface area contributed by atoms with E-state index in [1.807, 2.05) is 18.2 Å². The summed E-state index contributed by atoms with van der Waals surface area (Å²) in [6.07, 6.45) is -12.9. The van der Waals surface area contributed by atoms with Crippen molar-refractivity contribution >= 4 is 6.09 Å². The number of nitrogens with two attached hydrogens (primary N) is 4. The Bertz CT molecular complexity index is 997. The van der Waals surface area contributed by atoms with Crippen LogP contribution in [0.3, 0.4) is 0 Å². The van der Waals surface area contributed by atoms with Gasteiger partial charge in [0.2, 0.25) is 0 Å². The third kappa shape index (κ3) is 7.54. The number of amides is 1. The van der Waals surface area contributed by atoms with Crippen molar-refractivity contribution in [3.05, 3.63) is 35.9 Å². The molecule has 2 heterocycles. The van der Waals surface area contributed by atoms with Crippen LogP contribution in [0.25, 0.3) is 0 Å². The van der Waals surface area contributed by atoms with Crippen molar-refractivity contribution in [1.29, 1.82) is 0 Å². The molecule has 4 rings (SSSR count). The van der Waals surface area contributed by atoms with Crippen molar-refractivity contribution < 1.29 is 54.0 Å². The lowest BCUT2D eigenvalue weighted by Crippen LogP contribution is -2.68. The first-order chi connectivity index (χ1) is 20.0. The normalized spacial score (nSPS) is 42.6. The van der Waals surface area contributed by atoms with E-state index in [2.05, 4.69) is 5.32 Å². The van der Waals surface area contributed by atoms with E-state index in [1.165, 1.54) is 0 Å². The molecule has 0 spiro atoms. The molecule has 16 heteroatoms. The molecule has 1 aromatic carbocycles. The van der Waals surface area contributed by atoms with Crippen LogP contribution < -0.4 is 28.3 Å². The molecule has 14 N–H and O–H groups in total. The number of hydrogen-bond acceptors (Lipinski definition) is 15. The van der Waals surface area contributed by atoms with Gasteiger partial charge >= 0.3 is 6.09 Å². The summed E-state index contributed by atoms with van der Waals surface area (Å²) in [6, 6.07) is 5.31. The van der Waals surface area contributed by atoms with E-state index in [1.54, 1.807) is 12.1 Å². The minimum Gasteiger partial charge on any atom is -0.445 e. The second kappa shape index (κ2) is 14.6. The van der Waals surface area contributed by atoms with Gasteiger partial charge in [0.1, 0.15) is 43.2 Å². The first kappa shape index (κ1) is 32.9. The number of ether oxygens (including phenoxy) is 5. The monoisotopic (exact) mass is 601 g/mol. The topological polar surface area (TPSA) is 280 Å². The molecule has 0 radical (unpaired) electrons. The molecule has 3 fully saturated rings. The maximum absolute atomic E-state index is 12.6. The summed E-state index contributed by atoms with van der Waals surface area (Å²) < 4.78 is 28.6. The average Bonchev–Trinajstić information content (AvgIpc) is 2.97. The molecule has 16 nitrogen and oxygen atoms in total. The lowest BCUT2D eigenvalue weighted by Gasteiger charge is -2.48. The number of nitrogens with one attached hydrogen (secondary N) is 1. The predicted molar refractivity (Wildman–Crippen MR) is 144 cm³/mol. The van der Waals surface area contributed by atoms with Crippen molar-refractivity contribution in [3.8, 4) is 0 Å². The Labute approximate surface area is 242 Å². The second-order valence-corrected chi connectivity index (χ2v) is 10.9. The zero-order valence-corrected chi connectivity index (χ0v) is 23.0. The minimum absolute atomic E-state index is 0.00926. The van der Waals surface area contributed by atoms with E-state index in [0.717, 1.165) is 5.56 Å². The summed E-state index contributed by atoms with van der Waals surface area (Å²) in [5.74, 6) is 0. The summed E-state index contributed by atoms with van der Waals surface area (Å²) in [6.45, 7) is -0.625. The molecule has 14 atom stereocenters. The quantitative estimate of drug-likeness (QED) is 0.128. The van der Waals surface area contributed by atoms with Crippen molar-refractivity contribution in [1.82, 2.24) is 5.32 Å². The SMILES string of the molecule is NC[C@H]1O[C@H](O[C@H]2[C@H](O)[C@@H](O[C@H]3O[C@H](CO)[C@@H](O)[C@H](N)[C@H]3O)[C@H](N)C[C@@H]2N)[C@H](NC(=O)OCc2ccccc2)C[C@@H]1O. The molecule has 238 valence electrons. The summed E-state index contributed by atoms with van der Waals surface area (Å²) in [7, 11) is 0. The fourth-order valence-electron chi connectivity index (χ4n) is 5.44. The Morgan fingerprint density at radius 3 is 2.12 bits per heavy atom. The largest absolute Gasteiger partial charge is 0.445 e. The number of aliphatic hydroxyl groups is 5. The molecule has 2 saturated heterocycles. The summed E-state index contributed by atoms with van der Waals surface area (Å²) in [5, 5.41) is 54.6. The van der Waals surface area contributed by atoms with E-state index < -0.39 is 98.3 Å². The standard InChI is InChI=1S/C26H43N5O11/c27-8-16-15(33)7-14(31-26(37)38-10-11-4-2-1-3-5-11)24(39-16)41-22-12(28)6-13(29)23(21(22)36)42-25-20(35)18(30)19(34)17(9-32)40-25/h1-5,12-25,32-36H,6-10,27-30H2,(H,31,37)/t12-,13+,14+,15-,16+,17+,18-,19+,20+,21-,22+,23-,24+,25+/m0/s1. The van der Waals surface area contributed by atoms with Gasteiger partial charge in [-0.1, -0.05) is 30.3 Å². The van der Waals surface area contributed by atoms with Crippen molar-refractivity contribution in [2.24, 2.45) is 22.9 Å². The number of hydrogen-bond donors (Lipinski definition) is 10. The molecular weight excluding hydrogens is 558 g/mol. The molecule has 42 heavy (non-hydrogen) atoms. The maximum atomic E-state index is 12.6. The van der Waals surface area contributed by atoms with Crippen LogP contribution in [0.2, 0.25) is 0 Å². The predicted octanol–water partition coefficient (Wildman–Crippen LogP) is -4.33. The van der Waals surface area contributed by atoms with E-state index in [4.69, 9.17) is 46.6 Å². The number of carbonyl (C=O) groups is 1. The highest BCUT2D eigenvalue weighted by Crippen LogP contribution is 2.31. The Balaban J connectivity index is 1.44. The fraction of sp³-hybridized carbons (Fsp3) is 0.731. The lowest BCUT2D eigenvalue weighted by atomic mass is 9.84. The van der Waals surface area contributed by atoms with Gasteiger partial charge in [0.15, 0.2) is 12.6 Å². The number of carbonyl (C=O) groups excluding carboxylic acids is 1. The van der Waals surface area contributed by atoms with Crippen LogP contribution in [0, 0.1) is 0 Å². The molecule has 0 bridgehead atoms. The Hall–Kier alpha value is -2.03. The van der Waals surface area contributed by atoms with Crippen LogP contribution in [0.5, 0.6) is 0 Å². The molecule has 1 aliphatic carbocycles. The van der Waals surface area contributed by atoms with Crippen molar-refractivity contribution in [2.45, 2.75) is 105 Å². The molecule has 1 amide bonds. The van der Waals surface area contributed by atoms with Gasteiger partial charge < -0.3 is 77.5 Å². The van der Waals surface area contributed by atoms with Crippen molar-refractivity contribution in [3.63, 3.8) is 0 Å². The molecule has 1 aromatic rings. The highest BCUT2D eigenvalue weighted by molar-refractivity contribution is 5.67. The minimum atomic E-state index is -1.50. The zero-order valence-electron chi connectivity index (χ0n) is 23.0. The van der Waals surface area contributed by atoms with Gasteiger partial charge in [-0.25, -0.2) is 4.79 Å². The van der Waals surface area contributed by atoms with E-state index in [-0.39, 0.29) is 26.0 Å². The highest BCUT2D eigenvalue weighted by atomic mass is 16.7.